The van der Waals surface area contributed by atoms with Crippen molar-refractivity contribution in [1.29, 1.82) is 0 Å². The van der Waals surface area contributed by atoms with Crippen LogP contribution in [0.2, 0.25) is 0 Å². The van der Waals surface area contributed by atoms with E-state index in [1.54, 1.807) is 29.9 Å². The van der Waals surface area contributed by atoms with E-state index < -0.39 is 9.84 Å². The predicted octanol–water partition coefficient (Wildman–Crippen LogP) is 2.05. The fourth-order valence-electron chi connectivity index (χ4n) is 1.87. The minimum Gasteiger partial charge on any atom is -0.398 e. The molecule has 0 aliphatic heterocycles. The van der Waals surface area contributed by atoms with Gasteiger partial charge in [-0.15, -0.1) is 0 Å². The molecule has 1 heterocycles. The summed E-state index contributed by atoms with van der Waals surface area (Å²) in [6, 6.07) is 6.52. The lowest BCUT2D eigenvalue weighted by atomic mass is 10.3. The first-order valence-electron chi connectivity index (χ1n) is 5.57. The molecule has 1 aromatic carbocycles. The number of hydrogen-bond acceptors (Lipinski definition) is 4. The van der Waals surface area contributed by atoms with Crippen molar-refractivity contribution in [3.8, 4) is 0 Å². The minimum absolute atomic E-state index is 0.115. The van der Waals surface area contributed by atoms with Crippen molar-refractivity contribution in [3.63, 3.8) is 0 Å². The Kier molecular flexibility index (Phi) is 3.69. The van der Waals surface area contributed by atoms with Crippen molar-refractivity contribution in [1.82, 2.24) is 9.78 Å². The van der Waals surface area contributed by atoms with E-state index in [4.69, 9.17) is 5.73 Å². The molecule has 2 N–H and O–H groups in total. The predicted molar refractivity (Wildman–Crippen MR) is 77.4 cm³/mol. The second kappa shape index (κ2) is 4.97. The Morgan fingerprint density at radius 3 is 2.58 bits per heavy atom. The third kappa shape index (κ3) is 2.98. The van der Waals surface area contributed by atoms with Gasteiger partial charge in [-0.05, 0) is 31.2 Å². The zero-order valence-electron chi connectivity index (χ0n) is 10.6. The molecule has 0 amide bonds. The smallest absolute Gasteiger partial charge is 0.186 e. The Balaban J connectivity index is 2.40. The monoisotopic (exact) mass is 343 g/mol. The molecular weight excluding hydrogens is 330 g/mol. The van der Waals surface area contributed by atoms with Gasteiger partial charge >= 0.3 is 0 Å². The standard InChI is InChI=1S/C12H14BrN3O2S/c1-8-5-10(16(2)15-8)7-19(17,18)12-4-3-9(13)6-11(12)14/h3-6H,7,14H2,1-2H3. The van der Waals surface area contributed by atoms with E-state index >= 15 is 0 Å². The molecule has 2 aromatic rings. The summed E-state index contributed by atoms with van der Waals surface area (Å²) in [6.45, 7) is 1.82. The van der Waals surface area contributed by atoms with Crippen LogP contribution in [0.25, 0.3) is 0 Å². The zero-order valence-corrected chi connectivity index (χ0v) is 13.0. The number of nitrogens with zero attached hydrogens (tertiary/aromatic N) is 2. The Morgan fingerprint density at radius 2 is 2.05 bits per heavy atom. The van der Waals surface area contributed by atoms with Gasteiger partial charge in [-0.25, -0.2) is 8.42 Å². The van der Waals surface area contributed by atoms with E-state index in [0.29, 0.717) is 5.69 Å². The molecule has 0 saturated carbocycles. The van der Waals surface area contributed by atoms with E-state index in [2.05, 4.69) is 21.0 Å². The van der Waals surface area contributed by atoms with E-state index in [1.807, 2.05) is 6.92 Å². The average Bonchev–Trinajstić information content (AvgIpc) is 2.55. The summed E-state index contributed by atoms with van der Waals surface area (Å²) in [4.78, 5) is 0.148. The van der Waals surface area contributed by atoms with Gasteiger partial charge in [-0.3, -0.25) is 4.68 Å². The number of halogens is 1. The molecule has 2 rings (SSSR count). The summed E-state index contributed by atoms with van der Waals surface area (Å²) in [5.41, 5.74) is 7.44. The summed E-state index contributed by atoms with van der Waals surface area (Å²) >= 11 is 3.26. The molecule has 0 unspecified atom stereocenters. The fraction of sp³-hybridized carbons (Fsp3) is 0.250. The molecule has 19 heavy (non-hydrogen) atoms. The van der Waals surface area contributed by atoms with Gasteiger partial charge in [0, 0.05) is 11.5 Å². The highest BCUT2D eigenvalue weighted by Gasteiger charge is 2.20. The van der Waals surface area contributed by atoms with Crippen LogP contribution in [0.15, 0.2) is 33.6 Å². The van der Waals surface area contributed by atoms with Crippen molar-refractivity contribution in [2.45, 2.75) is 17.6 Å². The highest BCUT2D eigenvalue weighted by Crippen LogP contribution is 2.25. The van der Waals surface area contributed by atoms with E-state index in [1.165, 1.54) is 6.07 Å². The van der Waals surface area contributed by atoms with Gasteiger partial charge in [0.15, 0.2) is 9.84 Å². The van der Waals surface area contributed by atoms with Gasteiger partial charge in [0.1, 0.15) is 0 Å². The van der Waals surface area contributed by atoms with Crippen LogP contribution in [0.3, 0.4) is 0 Å². The molecule has 0 aliphatic rings. The molecule has 1 aromatic heterocycles. The quantitative estimate of drug-likeness (QED) is 0.865. The van der Waals surface area contributed by atoms with Gasteiger partial charge in [0.05, 0.1) is 27.7 Å². The first kappa shape index (κ1) is 14.1. The van der Waals surface area contributed by atoms with E-state index in [0.717, 1.165) is 10.2 Å². The molecule has 0 aliphatic carbocycles. The molecule has 0 atom stereocenters. The maximum atomic E-state index is 12.4. The molecular formula is C12H14BrN3O2S. The molecule has 5 nitrogen and oxygen atoms in total. The third-order valence-corrected chi connectivity index (χ3v) is 4.95. The molecule has 0 saturated heterocycles. The van der Waals surface area contributed by atoms with Crippen molar-refractivity contribution in [2.24, 2.45) is 7.05 Å². The van der Waals surface area contributed by atoms with Crippen LogP contribution in [0.4, 0.5) is 5.69 Å². The fourth-order valence-corrected chi connectivity index (χ4v) is 3.76. The van der Waals surface area contributed by atoms with Crippen LogP contribution in [0.5, 0.6) is 0 Å². The summed E-state index contributed by atoms with van der Waals surface area (Å²) in [7, 11) is -1.75. The van der Waals surface area contributed by atoms with Gasteiger partial charge in [0.2, 0.25) is 0 Å². The zero-order chi connectivity index (χ0) is 14.2. The van der Waals surface area contributed by atoms with Crippen LogP contribution in [0.1, 0.15) is 11.4 Å². The van der Waals surface area contributed by atoms with Gasteiger partial charge in [-0.1, -0.05) is 15.9 Å². The Hall–Kier alpha value is -1.34. The maximum Gasteiger partial charge on any atom is 0.186 e. The highest BCUT2D eigenvalue weighted by atomic mass is 79.9. The van der Waals surface area contributed by atoms with Crippen LogP contribution in [-0.4, -0.2) is 18.2 Å². The number of benzene rings is 1. The van der Waals surface area contributed by atoms with Gasteiger partial charge in [-0.2, -0.15) is 5.10 Å². The van der Waals surface area contributed by atoms with Gasteiger partial charge < -0.3 is 5.73 Å². The second-order valence-electron chi connectivity index (χ2n) is 4.34. The van der Waals surface area contributed by atoms with Crippen LogP contribution in [0, 0.1) is 6.92 Å². The lowest BCUT2D eigenvalue weighted by Gasteiger charge is -2.08. The summed E-state index contributed by atoms with van der Waals surface area (Å²) in [6.07, 6.45) is 0. The first-order chi connectivity index (χ1) is 8.79. The van der Waals surface area contributed by atoms with Crippen molar-refractivity contribution in [2.75, 3.05) is 5.73 Å². The van der Waals surface area contributed by atoms with E-state index in [9.17, 15) is 8.42 Å². The number of aromatic nitrogens is 2. The summed E-state index contributed by atoms with van der Waals surface area (Å²) < 4.78 is 27.0. The third-order valence-electron chi connectivity index (χ3n) is 2.74. The number of nitrogen functional groups attached to an aromatic ring is 1. The summed E-state index contributed by atoms with van der Waals surface area (Å²) in [5.74, 6) is -0.115. The largest absolute Gasteiger partial charge is 0.398 e. The number of anilines is 1. The SMILES string of the molecule is Cc1cc(CS(=O)(=O)c2ccc(Br)cc2N)n(C)n1. The molecule has 7 heteroatoms. The maximum absolute atomic E-state index is 12.4. The Bertz CT molecular complexity index is 723. The molecule has 0 spiro atoms. The van der Waals surface area contributed by atoms with Crippen LogP contribution >= 0.6 is 15.9 Å². The molecule has 102 valence electrons. The number of sulfone groups is 1. The molecule has 0 fully saturated rings. The summed E-state index contributed by atoms with van der Waals surface area (Å²) in [5, 5.41) is 4.14. The first-order valence-corrected chi connectivity index (χ1v) is 8.01. The minimum atomic E-state index is -3.48. The Labute approximate surface area is 120 Å². The molecule has 0 bridgehead atoms. The van der Waals surface area contributed by atoms with Crippen molar-refractivity contribution < 1.29 is 8.42 Å². The number of rotatable bonds is 3. The lowest BCUT2D eigenvalue weighted by molar-refractivity contribution is 0.592. The second-order valence-corrected chi connectivity index (χ2v) is 7.22. The van der Waals surface area contributed by atoms with Crippen molar-refractivity contribution >= 4 is 31.5 Å². The van der Waals surface area contributed by atoms with Crippen molar-refractivity contribution in [3.05, 3.63) is 40.1 Å². The number of aryl methyl sites for hydroxylation is 2. The van der Waals surface area contributed by atoms with Gasteiger partial charge in [0.25, 0.3) is 0 Å². The Morgan fingerprint density at radius 1 is 1.37 bits per heavy atom. The number of nitrogens with two attached hydrogens (primary N) is 1. The molecule has 0 radical (unpaired) electrons. The normalized spacial score (nSPS) is 11.7. The van der Waals surface area contributed by atoms with E-state index in [-0.39, 0.29) is 16.3 Å². The van der Waals surface area contributed by atoms with Crippen LogP contribution in [-0.2, 0) is 22.6 Å². The lowest BCUT2D eigenvalue weighted by Crippen LogP contribution is -2.10. The average molecular weight is 344 g/mol. The topological polar surface area (TPSA) is 78.0 Å². The van der Waals surface area contributed by atoms with Crippen LogP contribution < -0.4 is 5.73 Å². The number of hydrogen-bond donors (Lipinski definition) is 1. The highest BCUT2D eigenvalue weighted by molar-refractivity contribution is 9.10.